The molecule has 16 aromatic carbocycles. The quantitative estimate of drug-likeness (QED) is 0.158. The van der Waals surface area contributed by atoms with Crippen molar-refractivity contribution < 1.29 is 0 Å². The SMILES string of the molecule is c1ccc(-c2ccc3[nH]c4c5c(ccc4c3c2)C2(c3ccccc3-c3c(-c4ccc6c(c4)[nH]c4c7c(ccc46)C4(c6ccccc6-c6c(-c8ccc9[nH]c%10c%11c(ccc%10c9c8)C8(c9ccccc9-c9ccccc98)c8ccccc8-%11)cccc64)c4ccccc4-7)cccc32)c2ccccc2-5)cc1. The molecule has 6 aliphatic rings. The Balaban J connectivity index is 0.637. The first-order valence-electron chi connectivity index (χ1n) is 35.9. The highest BCUT2D eigenvalue weighted by Crippen LogP contribution is 2.69. The molecule has 0 amide bonds. The third-order valence-electron chi connectivity index (χ3n) is 25.2. The monoisotopic (exact) mass is 1290 g/mol. The van der Waals surface area contributed by atoms with Crippen LogP contribution >= 0.6 is 0 Å². The number of benzene rings is 16. The molecule has 0 radical (unpaired) electrons. The molecule has 6 aliphatic carbocycles. The van der Waals surface area contributed by atoms with Gasteiger partial charge in [-0.1, -0.05) is 297 Å². The molecule has 3 spiro atoms. The van der Waals surface area contributed by atoms with Gasteiger partial charge in [0, 0.05) is 65.6 Å². The van der Waals surface area contributed by atoms with E-state index in [1.54, 1.807) is 0 Å². The Hall–Kier alpha value is -13.1. The minimum atomic E-state index is -0.561. The predicted octanol–water partition coefficient (Wildman–Crippen LogP) is 24.6. The fraction of sp³-hybridized carbons (Fsp3) is 0.0303. The Bertz CT molecular complexity index is 7040. The normalized spacial score (nSPS) is 16.6. The van der Waals surface area contributed by atoms with Gasteiger partial charge < -0.3 is 15.0 Å². The van der Waals surface area contributed by atoms with Crippen molar-refractivity contribution in [3.05, 3.63) is 394 Å². The van der Waals surface area contributed by atoms with Crippen LogP contribution in [0.25, 0.3) is 166 Å². The van der Waals surface area contributed by atoms with E-state index in [1.807, 2.05) is 0 Å². The van der Waals surface area contributed by atoms with Crippen molar-refractivity contribution >= 4 is 65.4 Å². The minimum absolute atomic E-state index is 0.408. The van der Waals surface area contributed by atoms with E-state index < -0.39 is 16.2 Å². The van der Waals surface area contributed by atoms with Crippen molar-refractivity contribution in [1.82, 2.24) is 15.0 Å². The van der Waals surface area contributed by atoms with Crippen LogP contribution in [0.1, 0.15) is 66.8 Å². The highest BCUT2D eigenvalue weighted by Gasteiger charge is 2.56. The summed E-state index contributed by atoms with van der Waals surface area (Å²) in [6.07, 6.45) is 0. The van der Waals surface area contributed by atoms with Crippen LogP contribution in [-0.2, 0) is 16.2 Å². The average molecular weight is 1290 g/mol. The Morgan fingerprint density at radius 2 is 0.451 bits per heavy atom. The Morgan fingerprint density at radius 3 is 0.902 bits per heavy atom. The number of fused-ring (bicyclic) bond motifs is 42. The van der Waals surface area contributed by atoms with Crippen LogP contribution < -0.4 is 0 Å². The number of nitrogens with one attached hydrogen (secondary N) is 3. The van der Waals surface area contributed by atoms with Gasteiger partial charge in [0.2, 0.25) is 0 Å². The van der Waals surface area contributed by atoms with Gasteiger partial charge >= 0.3 is 0 Å². The molecule has 2 unspecified atom stereocenters. The van der Waals surface area contributed by atoms with Gasteiger partial charge in [0.25, 0.3) is 0 Å². The van der Waals surface area contributed by atoms with E-state index in [0.717, 1.165) is 16.6 Å². The van der Waals surface area contributed by atoms with Crippen LogP contribution in [0, 0.1) is 0 Å². The molecule has 3 nitrogen and oxygen atoms in total. The highest BCUT2D eigenvalue weighted by atomic mass is 14.7. The maximum absolute atomic E-state index is 4.19. The van der Waals surface area contributed by atoms with E-state index in [-0.39, 0.29) is 0 Å². The van der Waals surface area contributed by atoms with E-state index in [1.165, 1.54) is 216 Å². The topological polar surface area (TPSA) is 47.4 Å². The van der Waals surface area contributed by atoms with Crippen molar-refractivity contribution in [3.8, 4) is 100 Å². The van der Waals surface area contributed by atoms with E-state index in [0.29, 0.717) is 0 Å². The third-order valence-corrected chi connectivity index (χ3v) is 25.2. The molecular weight excluding hydrogens is 1230 g/mol. The van der Waals surface area contributed by atoms with Gasteiger partial charge in [-0.15, -0.1) is 0 Å². The van der Waals surface area contributed by atoms with Crippen molar-refractivity contribution in [2.75, 3.05) is 0 Å². The standard InChI is InChI=1S/C99H57N3/c1-2-20-55(21-3-1)56-41-50-86-72(52-56)65-46-49-85-93(95(65)100-86)71-28-10-17-37-80(71)99(85)77-34-14-7-25-68(77)90-60(30-19-39-82(90)99)58-40-43-63-64-44-47-84-92(94(64)102-88(63)54-58)70-27-9-16-36-79(70)98(84)76-33-13-6-24-67(76)89-59(29-18-38-81(89)98)57-42-51-87-73(53-57)66-45-48-83-91(96(66)101-87)69-26-8-15-35-78(69)97(83)74-31-11-4-22-61(74)62-23-5-12-32-75(62)97/h1-54,100-102H. The number of H-pyrrole nitrogens is 3. The van der Waals surface area contributed by atoms with Crippen LogP contribution in [-0.4, -0.2) is 15.0 Å². The van der Waals surface area contributed by atoms with Crippen molar-refractivity contribution in [2.45, 2.75) is 16.2 Å². The number of aromatic nitrogens is 3. The zero-order chi connectivity index (χ0) is 66.1. The summed E-state index contributed by atoms with van der Waals surface area (Å²) < 4.78 is 0. The molecule has 0 saturated heterocycles. The molecule has 3 heterocycles. The molecule has 468 valence electrons. The van der Waals surface area contributed by atoms with Crippen LogP contribution in [0.4, 0.5) is 0 Å². The molecule has 2 atom stereocenters. The van der Waals surface area contributed by atoms with Crippen molar-refractivity contribution in [1.29, 1.82) is 0 Å². The van der Waals surface area contributed by atoms with E-state index >= 15 is 0 Å². The average Bonchev–Trinajstić information content (AvgIpc) is 1.51. The smallest absolute Gasteiger partial charge is 0.0726 e. The molecule has 3 aromatic heterocycles. The lowest BCUT2D eigenvalue weighted by Gasteiger charge is -2.30. The molecule has 102 heavy (non-hydrogen) atoms. The maximum Gasteiger partial charge on any atom is 0.0726 e. The molecular formula is C99H57N3. The summed E-state index contributed by atoms with van der Waals surface area (Å²) in [5.41, 5.74) is 44.4. The fourth-order valence-corrected chi connectivity index (χ4v) is 21.5. The molecule has 0 bridgehead atoms. The first-order chi connectivity index (χ1) is 50.6. The van der Waals surface area contributed by atoms with Crippen LogP contribution in [0.5, 0.6) is 0 Å². The number of hydrogen-bond donors (Lipinski definition) is 3. The zero-order valence-electron chi connectivity index (χ0n) is 55.2. The second-order valence-electron chi connectivity index (χ2n) is 29.3. The summed E-state index contributed by atoms with van der Waals surface area (Å²) in [7, 11) is 0. The van der Waals surface area contributed by atoms with Gasteiger partial charge in [-0.25, -0.2) is 0 Å². The van der Waals surface area contributed by atoms with E-state index in [4.69, 9.17) is 0 Å². The highest BCUT2D eigenvalue weighted by molar-refractivity contribution is 6.20. The van der Waals surface area contributed by atoms with E-state index in [9.17, 15) is 0 Å². The number of hydrogen-bond acceptors (Lipinski definition) is 0. The molecule has 0 saturated carbocycles. The van der Waals surface area contributed by atoms with Crippen molar-refractivity contribution in [2.24, 2.45) is 0 Å². The number of aromatic amines is 3. The molecule has 3 N–H and O–H groups in total. The van der Waals surface area contributed by atoms with E-state index in [2.05, 4.69) is 343 Å². The summed E-state index contributed by atoms with van der Waals surface area (Å²) in [6, 6.07) is 125. The Kier molecular flexibility index (Phi) is 9.94. The van der Waals surface area contributed by atoms with Crippen molar-refractivity contribution in [3.63, 3.8) is 0 Å². The molecule has 25 rings (SSSR count). The van der Waals surface area contributed by atoms with Gasteiger partial charge in [0.05, 0.1) is 32.8 Å². The maximum atomic E-state index is 4.19. The largest absolute Gasteiger partial charge is 0.354 e. The lowest BCUT2D eigenvalue weighted by Crippen LogP contribution is -2.25. The summed E-state index contributed by atoms with van der Waals surface area (Å²) in [5.74, 6) is 0. The lowest BCUT2D eigenvalue weighted by molar-refractivity contribution is 0.794. The Morgan fingerprint density at radius 1 is 0.157 bits per heavy atom. The molecule has 3 heteroatoms. The summed E-state index contributed by atoms with van der Waals surface area (Å²) in [6.45, 7) is 0. The minimum Gasteiger partial charge on any atom is -0.354 e. The first-order valence-corrected chi connectivity index (χ1v) is 35.9. The summed E-state index contributed by atoms with van der Waals surface area (Å²) >= 11 is 0. The molecule has 19 aromatic rings. The summed E-state index contributed by atoms with van der Waals surface area (Å²) in [4.78, 5) is 12.2. The summed E-state index contributed by atoms with van der Waals surface area (Å²) in [5, 5.41) is 7.43. The van der Waals surface area contributed by atoms with Gasteiger partial charge in [-0.2, -0.15) is 0 Å². The molecule has 0 fully saturated rings. The molecule has 0 aliphatic heterocycles. The van der Waals surface area contributed by atoms with Crippen LogP contribution in [0.15, 0.2) is 328 Å². The lowest BCUT2D eigenvalue weighted by atomic mass is 9.70. The van der Waals surface area contributed by atoms with Gasteiger partial charge in [0.1, 0.15) is 0 Å². The second kappa shape index (κ2) is 18.8. The fourth-order valence-electron chi connectivity index (χ4n) is 21.5. The van der Waals surface area contributed by atoms with Crippen LogP contribution in [0.2, 0.25) is 0 Å². The second-order valence-corrected chi connectivity index (χ2v) is 29.3. The zero-order valence-corrected chi connectivity index (χ0v) is 55.2. The number of rotatable bonds is 3. The predicted molar refractivity (Wildman–Crippen MR) is 420 cm³/mol. The van der Waals surface area contributed by atoms with Gasteiger partial charge in [-0.3, -0.25) is 0 Å². The first kappa shape index (κ1) is 53.9. The Labute approximate surface area is 587 Å². The van der Waals surface area contributed by atoms with Gasteiger partial charge in [-0.05, 0) is 181 Å². The third kappa shape index (κ3) is 6.19. The van der Waals surface area contributed by atoms with Gasteiger partial charge in [0.15, 0.2) is 0 Å². The van der Waals surface area contributed by atoms with Crippen LogP contribution in [0.3, 0.4) is 0 Å².